The molecule has 1 aliphatic heterocycles. The number of piperidine rings is 1. The molecule has 0 aromatic heterocycles. The molecular formula is C11H23NO. The zero-order valence-electron chi connectivity index (χ0n) is 9.05. The molecule has 0 radical (unpaired) electrons. The Kier molecular flexibility index (Phi) is 4.20. The molecule has 2 nitrogen and oxygen atoms in total. The van der Waals surface area contributed by atoms with Crippen LogP contribution < -0.4 is 0 Å². The summed E-state index contributed by atoms with van der Waals surface area (Å²) in [7, 11) is 0. The van der Waals surface area contributed by atoms with E-state index in [1.807, 2.05) is 0 Å². The van der Waals surface area contributed by atoms with Crippen LogP contribution in [0.25, 0.3) is 0 Å². The molecule has 0 aliphatic carbocycles. The van der Waals surface area contributed by atoms with Crippen molar-refractivity contribution in [3.63, 3.8) is 0 Å². The second kappa shape index (κ2) is 4.97. The van der Waals surface area contributed by atoms with Crippen molar-refractivity contribution < 1.29 is 5.11 Å². The standard InChI is InChI=1S/C11H23NO/c1-3-11(2,7-10-13)12-8-5-4-6-9-12/h13H,3-10H2,1-2H3. The highest BCUT2D eigenvalue weighted by molar-refractivity contribution is 4.86. The number of hydrogen-bond donors (Lipinski definition) is 1. The maximum absolute atomic E-state index is 9.04. The van der Waals surface area contributed by atoms with E-state index in [-0.39, 0.29) is 5.54 Å². The second-order valence-electron chi connectivity index (χ2n) is 4.37. The Morgan fingerprint density at radius 3 is 2.31 bits per heavy atom. The summed E-state index contributed by atoms with van der Waals surface area (Å²) >= 11 is 0. The fraction of sp³-hybridized carbons (Fsp3) is 1.00. The van der Waals surface area contributed by atoms with E-state index >= 15 is 0 Å². The smallest absolute Gasteiger partial charge is 0.0448 e. The highest BCUT2D eigenvalue weighted by Gasteiger charge is 2.29. The van der Waals surface area contributed by atoms with Crippen LogP contribution in [0.2, 0.25) is 0 Å². The Bertz CT molecular complexity index is 143. The van der Waals surface area contributed by atoms with Crippen molar-refractivity contribution in [3.05, 3.63) is 0 Å². The molecule has 0 aromatic rings. The number of rotatable bonds is 4. The first kappa shape index (κ1) is 11.0. The van der Waals surface area contributed by atoms with Gasteiger partial charge in [0.2, 0.25) is 0 Å². The summed E-state index contributed by atoms with van der Waals surface area (Å²) in [5.74, 6) is 0. The van der Waals surface area contributed by atoms with Crippen molar-refractivity contribution >= 4 is 0 Å². The van der Waals surface area contributed by atoms with Gasteiger partial charge in [0.15, 0.2) is 0 Å². The Balaban J connectivity index is 2.51. The van der Waals surface area contributed by atoms with E-state index in [0.717, 1.165) is 12.8 Å². The highest BCUT2D eigenvalue weighted by Crippen LogP contribution is 2.26. The van der Waals surface area contributed by atoms with Crippen molar-refractivity contribution in [1.82, 2.24) is 4.90 Å². The highest BCUT2D eigenvalue weighted by atomic mass is 16.3. The average Bonchev–Trinajstić information content (AvgIpc) is 2.19. The molecule has 1 saturated heterocycles. The number of likely N-dealkylation sites (tertiary alicyclic amines) is 1. The Hall–Kier alpha value is -0.0800. The van der Waals surface area contributed by atoms with Crippen LogP contribution in [0.3, 0.4) is 0 Å². The van der Waals surface area contributed by atoms with Gasteiger partial charge in [-0.05, 0) is 45.7 Å². The minimum atomic E-state index is 0.245. The molecule has 1 N–H and O–H groups in total. The molecule has 1 atom stereocenters. The third-order valence-corrected chi connectivity index (χ3v) is 3.53. The lowest BCUT2D eigenvalue weighted by atomic mass is 9.90. The van der Waals surface area contributed by atoms with E-state index < -0.39 is 0 Å². The first-order chi connectivity index (χ1) is 6.23. The molecule has 78 valence electrons. The fourth-order valence-electron chi connectivity index (χ4n) is 2.23. The number of nitrogens with zero attached hydrogens (tertiary/aromatic N) is 1. The maximum atomic E-state index is 9.04. The van der Waals surface area contributed by atoms with Crippen LogP contribution in [0.5, 0.6) is 0 Å². The van der Waals surface area contributed by atoms with Gasteiger partial charge in [-0.15, -0.1) is 0 Å². The molecule has 2 heteroatoms. The summed E-state index contributed by atoms with van der Waals surface area (Å²) in [6, 6.07) is 0. The third kappa shape index (κ3) is 2.68. The minimum absolute atomic E-state index is 0.245. The van der Waals surface area contributed by atoms with Crippen molar-refractivity contribution in [1.29, 1.82) is 0 Å². The van der Waals surface area contributed by atoms with Gasteiger partial charge in [0.25, 0.3) is 0 Å². The fourth-order valence-corrected chi connectivity index (χ4v) is 2.23. The average molecular weight is 185 g/mol. The van der Waals surface area contributed by atoms with Crippen molar-refractivity contribution in [3.8, 4) is 0 Å². The molecule has 0 bridgehead atoms. The van der Waals surface area contributed by atoms with Crippen LogP contribution in [0.15, 0.2) is 0 Å². The lowest BCUT2D eigenvalue weighted by Crippen LogP contribution is -2.49. The Morgan fingerprint density at radius 2 is 1.85 bits per heavy atom. The topological polar surface area (TPSA) is 23.5 Å². The van der Waals surface area contributed by atoms with Gasteiger partial charge < -0.3 is 5.11 Å². The lowest BCUT2D eigenvalue weighted by molar-refractivity contribution is 0.0537. The summed E-state index contributed by atoms with van der Waals surface area (Å²) < 4.78 is 0. The zero-order chi connectivity index (χ0) is 9.73. The zero-order valence-corrected chi connectivity index (χ0v) is 9.05. The van der Waals surface area contributed by atoms with E-state index in [2.05, 4.69) is 18.7 Å². The summed E-state index contributed by atoms with van der Waals surface area (Å²) in [5, 5.41) is 9.04. The van der Waals surface area contributed by atoms with Gasteiger partial charge in [-0.25, -0.2) is 0 Å². The maximum Gasteiger partial charge on any atom is 0.0448 e. The summed E-state index contributed by atoms with van der Waals surface area (Å²) in [6.07, 6.45) is 6.12. The molecule has 1 fully saturated rings. The van der Waals surface area contributed by atoms with Crippen LogP contribution in [-0.4, -0.2) is 35.2 Å². The van der Waals surface area contributed by atoms with E-state index in [1.165, 1.54) is 32.4 Å². The summed E-state index contributed by atoms with van der Waals surface area (Å²) in [4.78, 5) is 2.56. The van der Waals surface area contributed by atoms with Crippen LogP contribution in [0, 0.1) is 0 Å². The van der Waals surface area contributed by atoms with E-state index in [1.54, 1.807) is 0 Å². The number of aliphatic hydroxyl groups excluding tert-OH is 1. The first-order valence-electron chi connectivity index (χ1n) is 5.59. The van der Waals surface area contributed by atoms with Crippen molar-refractivity contribution in [2.75, 3.05) is 19.7 Å². The van der Waals surface area contributed by atoms with E-state index in [4.69, 9.17) is 5.11 Å². The predicted molar refractivity (Wildman–Crippen MR) is 55.8 cm³/mol. The lowest BCUT2D eigenvalue weighted by Gasteiger charge is -2.43. The second-order valence-corrected chi connectivity index (χ2v) is 4.37. The summed E-state index contributed by atoms with van der Waals surface area (Å²) in [6.45, 7) is 7.29. The molecule has 1 heterocycles. The SMILES string of the molecule is CCC(C)(CCO)N1CCCCC1. The van der Waals surface area contributed by atoms with Gasteiger partial charge >= 0.3 is 0 Å². The Morgan fingerprint density at radius 1 is 1.23 bits per heavy atom. The normalized spacial score (nSPS) is 24.2. The monoisotopic (exact) mass is 185 g/mol. The van der Waals surface area contributed by atoms with Crippen LogP contribution in [-0.2, 0) is 0 Å². The molecule has 0 amide bonds. The number of hydrogen-bond acceptors (Lipinski definition) is 2. The molecule has 0 spiro atoms. The van der Waals surface area contributed by atoms with E-state index in [9.17, 15) is 0 Å². The molecule has 13 heavy (non-hydrogen) atoms. The third-order valence-electron chi connectivity index (χ3n) is 3.53. The van der Waals surface area contributed by atoms with E-state index in [0.29, 0.717) is 6.61 Å². The first-order valence-corrected chi connectivity index (χ1v) is 5.59. The summed E-state index contributed by atoms with van der Waals surface area (Å²) in [5.41, 5.74) is 0.245. The molecule has 1 unspecified atom stereocenters. The van der Waals surface area contributed by atoms with Gasteiger partial charge in [0.1, 0.15) is 0 Å². The molecular weight excluding hydrogens is 162 g/mol. The molecule has 1 rings (SSSR count). The Labute approximate surface area is 81.9 Å². The predicted octanol–water partition coefficient (Wildman–Crippen LogP) is 2.02. The van der Waals surface area contributed by atoms with Gasteiger partial charge in [0, 0.05) is 12.1 Å². The van der Waals surface area contributed by atoms with Crippen LogP contribution in [0.1, 0.15) is 46.0 Å². The molecule has 0 saturated carbocycles. The molecule has 0 aromatic carbocycles. The van der Waals surface area contributed by atoms with Gasteiger partial charge in [-0.2, -0.15) is 0 Å². The van der Waals surface area contributed by atoms with Gasteiger partial charge in [-0.1, -0.05) is 13.3 Å². The number of aliphatic hydroxyl groups is 1. The van der Waals surface area contributed by atoms with Gasteiger partial charge in [0.05, 0.1) is 0 Å². The van der Waals surface area contributed by atoms with Crippen molar-refractivity contribution in [2.45, 2.75) is 51.5 Å². The largest absolute Gasteiger partial charge is 0.396 e. The van der Waals surface area contributed by atoms with Gasteiger partial charge in [-0.3, -0.25) is 4.90 Å². The molecule has 1 aliphatic rings. The quantitative estimate of drug-likeness (QED) is 0.724. The van der Waals surface area contributed by atoms with Crippen LogP contribution in [0.4, 0.5) is 0 Å². The van der Waals surface area contributed by atoms with Crippen LogP contribution >= 0.6 is 0 Å². The van der Waals surface area contributed by atoms with Crippen molar-refractivity contribution in [2.24, 2.45) is 0 Å². The minimum Gasteiger partial charge on any atom is -0.396 e.